The molecule has 1 unspecified atom stereocenters. The van der Waals surface area contributed by atoms with Crippen LogP contribution in [0.5, 0.6) is 5.75 Å². The Bertz CT molecular complexity index is 700. The van der Waals surface area contributed by atoms with E-state index in [1.54, 1.807) is 0 Å². The van der Waals surface area contributed by atoms with Gasteiger partial charge in [-0.25, -0.2) is 0 Å². The predicted octanol–water partition coefficient (Wildman–Crippen LogP) is 4.34. The van der Waals surface area contributed by atoms with Gasteiger partial charge in [0.2, 0.25) is 0 Å². The number of ether oxygens (including phenoxy) is 1. The summed E-state index contributed by atoms with van der Waals surface area (Å²) in [6, 6.07) is 24.2. The Morgan fingerprint density at radius 3 is 2.24 bits per heavy atom. The Kier molecular flexibility index (Phi) is 5.20. The van der Waals surface area contributed by atoms with E-state index in [1.165, 1.54) is 10.8 Å². The largest absolute Gasteiger partial charge is 0.492 e. The highest BCUT2D eigenvalue weighted by atomic mass is 35.5. The Morgan fingerprint density at radius 1 is 0.810 bits per heavy atom. The smallest absolute Gasteiger partial charge is 0.120 e. The summed E-state index contributed by atoms with van der Waals surface area (Å²) in [6.07, 6.45) is 0. The van der Waals surface area contributed by atoms with E-state index >= 15 is 0 Å². The molecule has 3 aromatic rings. The Balaban J connectivity index is 0.00000161. The maximum atomic E-state index is 6.13. The number of rotatable bonds is 4. The molecule has 108 valence electrons. The molecule has 0 amide bonds. The lowest BCUT2D eigenvalue weighted by molar-refractivity contribution is 0.291. The van der Waals surface area contributed by atoms with Crippen LogP contribution in [0.4, 0.5) is 0 Å². The number of hydrogen-bond donors (Lipinski definition) is 1. The highest BCUT2D eigenvalue weighted by molar-refractivity contribution is 5.85. The maximum Gasteiger partial charge on any atom is 0.120 e. The van der Waals surface area contributed by atoms with Gasteiger partial charge in [-0.2, -0.15) is 0 Å². The quantitative estimate of drug-likeness (QED) is 0.778. The standard InChI is InChI=1S/C18H17NO.ClH/c19-18(15-7-2-1-3-8-15)13-20-17-11-10-14-6-4-5-9-16(14)12-17;/h1-12,18H,13,19H2;1H. The van der Waals surface area contributed by atoms with Crippen LogP contribution < -0.4 is 10.5 Å². The van der Waals surface area contributed by atoms with Crippen LogP contribution in [0, 0.1) is 0 Å². The normalized spacial score (nSPS) is 11.7. The number of nitrogens with two attached hydrogens (primary N) is 1. The fraction of sp³-hybridized carbons (Fsp3) is 0.111. The van der Waals surface area contributed by atoms with E-state index in [0.29, 0.717) is 6.61 Å². The van der Waals surface area contributed by atoms with Gasteiger partial charge < -0.3 is 10.5 Å². The average Bonchev–Trinajstić information content (AvgIpc) is 2.53. The summed E-state index contributed by atoms with van der Waals surface area (Å²) in [5, 5.41) is 2.39. The van der Waals surface area contributed by atoms with E-state index < -0.39 is 0 Å². The van der Waals surface area contributed by atoms with E-state index in [4.69, 9.17) is 10.5 Å². The van der Waals surface area contributed by atoms with E-state index in [2.05, 4.69) is 18.2 Å². The minimum atomic E-state index is -0.109. The van der Waals surface area contributed by atoms with Crippen molar-refractivity contribution in [1.29, 1.82) is 0 Å². The average molecular weight is 300 g/mol. The van der Waals surface area contributed by atoms with Crippen LogP contribution in [0.3, 0.4) is 0 Å². The second-order valence-corrected chi connectivity index (χ2v) is 4.84. The number of benzene rings is 3. The molecular formula is C18H18ClNO. The molecule has 2 N–H and O–H groups in total. The summed E-state index contributed by atoms with van der Waals surface area (Å²) in [5.41, 5.74) is 7.22. The van der Waals surface area contributed by atoms with Gasteiger partial charge in [0.15, 0.2) is 0 Å². The van der Waals surface area contributed by atoms with Gasteiger partial charge in [0.05, 0.1) is 6.04 Å². The summed E-state index contributed by atoms with van der Waals surface area (Å²) in [4.78, 5) is 0. The van der Waals surface area contributed by atoms with Gasteiger partial charge in [0, 0.05) is 0 Å². The first kappa shape index (κ1) is 15.4. The van der Waals surface area contributed by atoms with Crippen molar-refractivity contribution in [3.05, 3.63) is 78.4 Å². The molecular weight excluding hydrogens is 282 g/mol. The predicted molar refractivity (Wildman–Crippen MR) is 90.1 cm³/mol. The van der Waals surface area contributed by atoms with Gasteiger partial charge >= 0.3 is 0 Å². The van der Waals surface area contributed by atoms with Crippen molar-refractivity contribution in [2.24, 2.45) is 5.73 Å². The zero-order chi connectivity index (χ0) is 13.8. The Hall–Kier alpha value is -2.03. The van der Waals surface area contributed by atoms with Crippen LogP contribution in [-0.2, 0) is 0 Å². The minimum Gasteiger partial charge on any atom is -0.492 e. The first-order valence-electron chi connectivity index (χ1n) is 6.75. The molecule has 2 nitrogen and oxygen atoms in total. The first-order chi connectivity index (χ1) is 9.83. The van der Waals surface area contributed by atoms with E-state index in [9.17, 15) is 0 Å². The molecule has 3 rings (SSSR count). The molecule has 0 saturated carbocycles. The highest BCUT2D eigenvalue weighted by Gasteiger charge is 2.06. The zero-order valence-corrected chi connectivity index (χ0v) is 12.4. The fourth-order valence-corrected chi connectivity index (χ4v) is 2.24. The molecule has 1 atom stereocenters. The molecule has 0 saturated heterocycles. The van der Waals surface area contributed by atoms with Crippen molar-refractivity contribution in [1.82, 2.24) is 0 Å². The topological polar surface area (TPSA) is 35.2 Å². The van der Waals surface area contributed by atoms with Crippen molar-refractivity contribution in [2.45, 2.75) is 6.04 Å². The summed E-state index contributed by atoms with van der Waals surface area (Å²) < 4.78 is 5.81. The molecule has 21 heavy (non-hydrogen) atoms. The van der Waals surface area contributed by atoms with Crippen LogP contribution >= 0.6 is 12.4 Å². The van der Waals surface area contributed by atoms with Crippen molar-refractivity contribution in [3.63, 3.8) is 0 Å². The van der Waals surface area contributed by atoms with Gasteiger partial charge in [-0.15, -0.1) is 12.4 Å². The third-order valence-electron chi connectivity index (χ3n) is 3.38. The number of hydrogen-bond acceptors (Lipinski definition) is 2. The Labute approximate surface area is 131 Å². The van der Waals surface area contributed by atoms with Crippen molar-refractivity contribution in [3.8, 4) is 5.75 Å². The van der Waals surface area contributed by atoms with E-state index in [1.807, 2.05) is 54.6 Å². The fourth-order valence-electron chi connectivity index (χ4n) is 2.24. The molecule has 0 spiro atoms. The number of halogens is 1. The third kappa shape index (κ3) is 3.75. The molecule has 0 aliphatic carbocycles. The summed E-state index contributed by atoms with van der Waals surface area (Å²) in [5.74, 6) is 0.857. The van der Waals surface area contributed by atoms with Crippen molar-refractivity contribution in [2.75, 3.05) is 6.61 Å². The second-order valence-electron chi connectivity index (χ2n) is 4.84. The summed E-state index contributed by atoms with van der Waals surface area (Å²) in [6.45, 7) is 0.475. The monoisotopic (exact) mass is 299 g/mol. The van der Waals surface area contributed by atoms with E-state index in [-0.39, 0.29) is 18.4 Å². The molecule has 0 aromatic heterocycles. The Morgan fingerprint density at radius 2 is 1.48 bits per heavy atom. The summed E-state index contributed by atoms with van der Waals surface area (Å²) in [7, 11) is 0. The minimum absolute atomic E-state index is 0. The molecule has 3 aromatic carbocycles. The molecule has 0 bridgehead atoms. The first-order valence-corrected chi connectivity index (χ1v) is 6.75. The molecule has 0 fully saturated rings. The number of fused-ring (bicyclic) bond motifs is 1. The third-order valence-corrected chi connectivity index (χ3v) is 3.38. The molecule has 0 aliphatic rings. The van der Waals surface area contributed by atoms with Crippen molar-refractivity contribution >= 4 is 23.2 Å². The van der Waals surface area contributed by atoms with Crippen molar-refractivity contribution < 1.29 is 4.74 Å². The van der Waals surface area contributed by atoms with Gasteiger partial charge in [-0.05, 0) is 28.5 Å². The maximum absolute atomic E-state index is 6.13. The lowest BCUT2D eigenvalue weighted by Gasteiger charge is -2.14. The van der Waals surface area contributed by atoms with Crippen LogP contribution in [0.25, 0.3) is 10.8 Å². The highest BCUT2D eigenvalue weighted by Crippen LogP contribution is 2.21. The van der Waals surface area contributed by atoms with Crippen LogP contribution in [0.15, 0.2) is 72.8 Å². The molecule has 0 aliphatic heterocycles. The molecule has 0 radical (unpaired) electrons. The van der Waals surface area contributed by atoms with Gasteiger partial charge in [0.1, 0.15) is 12.4 Å². The second kappa shape index (κ2) is 7.11. The lowest BCUT2D eigenvalue weighted by Crippen LogP contribution is -2.18. The van der Waals surface area contributed by atoms with Gasteiger partial charge in [0.25, 0.3) is 0 Å². The van der Waals surface area contributed by atoms with Crippen LogP contribution in [0.1, 0.15) is 11.6 Å². The lowest BCUT2D eigenvalue weighted by atomic mass is 10.1. The SMILES string of the molecule is Cl.NC(COc1ccc2ccccc2c1)c1ccccc1. The zero-order valence-electron chi connectivity index (χ0n) is 11.6. The summed E-state index contributed by atoms with van der Waals surface area (Å²) >= 11 is 0. The molecule has 0 heterocycles. The van der Waals surface area contributed by atoms with Crippen LogP contribution in [0.2, 0.25) is 0 Å². The molecule has 3 heteroatoms. The van der Waals surface area contributed by atoms with E-state index in [0.717, 1.165) is 11.3 Å². The van der Waals surface area contributed by atoms with Gasteiger partial charge in [-0.1, -0.05) is 60.7 Å². The van der Waals surface area contributed by atoms with Crippen LogP contribution in [-0.4, -0.2) is 6.61 Å². The van der Waals surface area contributed by atoms with Gasteiger partial charge in [-0.3, -0.25) is 0 Å².